The third-order valence-electron chi connectivity index (χ3n) is 6.63. The Labute approximate surface area is 210 Å². The van der Waals surface area contributed by atoms with E-state index >= 15 is 0 Å². The SMILES string of the molecule is CC1CCN(c2nc(-c3ccccc3)nc3c2CN(S(=O)(=O)c2cc(Cl)ccc2Cl)CC3)CC1. The second-order valence-electron chi connectivity index (χ2n) is 8.99. The molecule has 2 aliphatic rings. The number of halogens is 2. The highest BCUT2D eigenvalue weighted by atomic mass is 35.5. The zero-order valence-corrected chi connectivity index (χ0v) is 21.2. The fourth-order valence-electron chi connectivity index (χ4n) is 4.59. The van der Waals surface area contributed by atoms with E-state index in [1.165, 1.54) is 16.4 Å². The van der Waals surface area contributed by atoms with Gasteiger partial charge in [-0.1, -0.05) is 60.5 Å². The molecule has 0 amide bonds. The van der Waals surface area contributed by atoms with Crippen LogP contribution in [0, 0.1) is 5.92 Å². The van der Waals surface area contributed by atoms with Crippen molar-refractivity contribution < 1.29 is 8.42 Å². The van der Waals surface area contributed by atoms with E-state index in [1.54, 1.807) is 6.07 Å². The maximum Gasteiger partial charge on any atom is 0.244 e. The molecule has 0 unspecified atom stereocenters. The van der Waals surface area contributed by atoms with Crippen LogP contribution in [0.1, 0.15) is 31.0 Å². The number of nitrogens with zero attached hydrogens (tertiary/aromatic N) is 4. The average molecular weight is 517 g/mol. The van der Waals surface area contributed by atoms with E-state index in [4.69, 9.17) is 33.2 Å². The standard InChI is InChI=1S/C25H26Cl2N4O2S/c1-17-9-12-30(13-10-17)25-20-16-31(34(32,33)23-15-19(26)7-8-21(23)27)14-11-22(20)28-24(29-25)18-5-3-2-4-6-18/h2-8,15,17H,9-14,16H2,1H3. The minimum atomic E-state index is -3.83. The number of hydrogen-bond donors (Lipinski definition) is 0. The number of fused-ring (bicyclic) bond motifs is 1. The summed E-state index contributed by atoms with van der Waals surface area (Å²) in [4.78, 5) is 12.2. The molecular formula is C25H26Cl2N4O2S. The van der Waals surface area contributed by atoms with Gasteiger partial charge in [-0.05, 0) is 37.0 Å². The zero-order valence-electron chi connectivity index (χ0n) is 18.9. The molecule has 178 valence electrons. The predicted octanol–water partition coefficient (Wildman–Crippen LogP) is 5.43. The molecule has 3 aromatic rings. The highest BCUT2D eigenvalue weighted by Gasteiger charge is 2.34. The molecule has 0 saturated carbocycles. The van der Waals surface area contributed by atoms with Gasteiger partial charge in [-0.2, -0.15) is 4.31 Å². The van der Waals surface area contributed by atoms with Crippen LogP contribution in [0.2, 0.25) is 10.0 Å². The number of piperidine rings is 1. The molecule has 1 saturated heterocycles. The number of hydrogen-bond acceptors (Lipinski definition) is 5. The van der Waals surface area contributed by atoms with E-state index < -0.39 is 10.0 Å². The van der Waals surface area contributed by atoms with Crippen LogP contribution in [0.25, 0.3) is 11.4 Å². The maximum atomic E-state index is 13.5. The summed E-state index contributed by atoms with van der Waals surface area (Å²) in [5, 5.41) is 0.496. The largest absolute Gasteiger partial charge is 0.356 e. The van der Waals surface area contributed by atoms with Crippen LogP contribution in [0.5, 0.6) is 0 Å². The minimum absolute atomic E-state index is 0.0280. The smallest absolute Gasteiger partial charge is 0.244 e. The summed E-state index contributed by atoms with van der Waals surface area (Å²) >= 11 is 12.3. The Morgan fingerprint density at radius 1 is 0.971 bits per heavy atom. The molecule has 1 fully saturated rings. The molecule has 0 atom stereocenters. The van der Waals surface area contributed by atoms with E-state index in [9.17, 15) is 8.42 Å². The van der Waals surface area contributed by atoms with Crippen molar-refractivity contribution in [3.05, 3.63) is 69.8 Å². The van der Waals surface area contributed by atoms with Gasteiger partial charge in [-0.25, -0.2) is 18.4 Å². The number of benzene rings is 2. The van der Waals surface area contributed by atoms with E-state index in [0.717, 1.165) is 48.6 Å². The summed E-state index contributed by atoms with van der Waals surface area (Å²) in [5.41, 5.74) is 2.74. The Hall–Kier alpha value is -2.19. The molecule has 34 heavy (non-hydrogen) atoms. The van der Waals surface area contributed by atoms with Gasteiger partial charge in [-0.3, -0.25) is 0 Å². The molecule has 0 N–H and O–H groups in total. The highest BCUT2D eigenvalue weighted by Crippen LogP contribution is 2.35. The average Bonchev–Trinajstić information content (AvgIpc) is 2.85. The van der Waals surface area contributed by atoms with Crippen molar-refractivity contribution in [3.63, 3.8) is 0 Å². The van der Waals surface area contributed by atoms with Gasteiger partial charge < -0.3 is 4.90 Å². The molecule has 5 rings (SSSR count). The van der Waals surface area contributed by atoms with Crippen LogP contribution in [-0.4, -0.2) is 42.3 Å². The lowest BCUT2D eigenvalue weighted by Gasteiger charge is -2.35. The second kappa shape index (κ2) is 9.46. The van der Waals surface area contributed by atoms with Gasteiger partial charge in [-0.15, -0.1) is 0 Å². The summed E-state index contributed by atoms with van der Waals surface area (Å²) in [6, 6.07) is 14.4. The molecule has 3 heterocycles. The van der Waals surface area contributed by atoms with Crippen LogP contribution in [-0.2, 0) is 23.0 Å². The maximum absolute atomic E-state index is 13.5. The lowest BCUT2D eigenvalue weighted by Crippen LogP contribution is -2.40. The van der Waals surface area contributed by atoms with Crippen molar-refractivity contribution in [2.24, 2.45) is 5.92 Å². The fraction of sp³-hybridized carbons (Fsp3) is 0.360. The second-order valence-corrected chi connectivity index (χ2v) is 11.7. The normalized spacial score (nSPS) is 17.6. The quantitative estimate of drug-likeness (QED) is 0.462. The van der Waals surface area contributed by atoms with Gasteiger partial charge in [0, 0.05) is 48.7 Å². The summed E-state index contributed by atoms with van der Waals surface area (Å²) in [6.07, 6.45) is 2.67. The van der Waals surface area contributed by atoms with Crippen LogP contribution in [0.15, 0.2) is 53.4 Å². The molecule has 2 aliphatic heterocycles. The van der Waals surface area contributed by atoms with Crippen LogP contribution >= 0.6 is 23.2 Å². The first-order valence-corrected chi connectivity index (χ1v) is 13.7. The third-order valence-corrected chi connectivity index (χ3v) is 9.19. The van der Waals surface area contributed by atoms with Gasteiger partial charge in [0.1, 0.15) is 10.7 Å². The number of sulfonamides is 1. The third kappa shape index (κ3) is 4.54. The van der Waals surface area contributed by atoms with Crippen molar-refractivity contribution in [2.75, 3.05) is 24.5 Å². The summed E-state index contributed by atoms with van der Waals surface area (Å²) in [5.74, 6) is 2.19. The molecule has 0 radical (unpaired) electrons. The van der Waals surface area contributed by atoms with Crippen molar-refractivity contribution >= 4 is 39.0 Å². The number of anilines is 1. The minimum Gasteiger partial charge on any atom is -0.356 e. The predicted molar refractivity (Wildman–Crippen MR) is 136 cm³/mol. The van der Waals surface area contributed by atoms with Crippen LogP contribution in [0.4, 0.5) is 5.82 Å². The monoisotopic (exact) mass is 516 g/mol. The van der Waals surface area contributed by atoms with Crippen molar-refractivity contribution in [1.29, 1.82) is 0 Å². The molecule has 0 bridgehead atoms. The Morgan fingerprint density at radius 3 is 2.44 bits per heavy atom. The topological polar surface area (TPSA) is 66.4 Å². The van der Waals surface area contributed by atoms with Gasteiger partial charge in [0.05, 0.1) is 10.7 Å². The van der Waals surface area contributed by atoms with Crippen molar-refractivity contribution in [1.82, 2.24) is 14.3 Å². The lowest BCUT2D eigenvalue weighted by atomic mass is 9.98. The molecule has 0 spiro atoms. The van der Waals surface area contributed by atoms with Gasteiger partial charge in [0.25, 0.3) is 0 Å². The Bertz CT molecular complexity index is 1310. The first kappa shape index (κ1) is 23.5. The highest BCUT2D eigenvalue weighted by molar-refractivity contribution is 7.89. The van der Waals surface area contributed by atoms with Crippen molar-refractivity contribution in [2.45, 2.75) is 37.6 Å². The molecule has 2 aromatic carbocycles. The summed E-state index contributed by atoms with van der Waals surface area (Å²) < 4.78 is 28.5. The van der Waals surface area contributed by atoms with Crippen LogP contribution in [0.3, 0.4) is 0 Å². The molecule has 1 aromatic heterocycles. The van der Waals surface area contributed by atoms with Gasteiger partial charge >= 0.3 is 0 Å². The number of aromatic nitrogens is 2. The van der Waals surface area contributed by atoms with Crippen LogP contribution < -0.4 is 4.90 Å². The van der Waals surface area contributed by atoms with Gasteiger partial charge in [0.2, 0.25) is 10.0 Å². The number of rotatable bonds is 4. The van der Waals surface area contributed by atoms with Gasteiger partial charge in [0.15, 0.2) is 5.82 Å². The summed E-state index contributed by atoms with van der Waals surface area (Å²) in [7, 11) is -3.83. The first-order chi connectivity index (χ1) is 16.3. The summed E-state index contributed by atoms with van der Waals surface area (Å²) in [6.45, 7) is 4.58. The molecule has 6 nitrogen and oxygen atoms in total. The van der Waals surface area contributed by atoms with E-state index in [2.05, 4.69) is 11.8 Å². The molecular weight excluding hydrogens is 491 g/mol. The van der Waals surface area contributed by atoms with E-state index in [0.29, 0.717) is 29.7 Å². The Balaban J connectivity index is 1.56. The first-order valence-electron chi connectivity index (χ1n) is 11.5. The zero-order chi connectivity index (χ0) is 23.9. The van der Waals surface area contributed by atoms with Crippen molar-refractivity contribution in [3.8, 4) is 11.4 Å². The molecule has 0 aliphatic carbocycles. The fourth-order valence-corrected chi connectivity index (χ4v) is 6.74. The van der Waals surface area contributed by atoms with E-state index in [1.807, 2.05) is 30.3 Å². The molecule has 9 heteroatoms. The lowest BCUT2D eigenvalue weighted by molar-refractivity contribution is 0.384. The Kier molecular flexibility index (Phi) is 6.55. The van der Waals surface area contributed by atoms with E-state index in [-0.39, 0.29) is 16.5 Å². The Morgan fingerprint density at radius 2 is 1.71 bits per heavy atom.